The normalized spacial score (nSPS) is 20.2. The zero-order chi connectivity index (χ0) is 14.2. The first-order chi connectivity index (χ1) is 9.54. The minimum atomic E-state index is -0.618. The minimum Gasteiger partial charge on any atom is -0.390 e. The van der Waals surface area contributed by atoms with E-state index in [1.54, 1.807) is 0 Å². The summed E-state index contributed by atoms with van der Waals surface area (Å²) >= 11 is 0. The standard InChI is InChI=1S/C18H27NO/c1-18(2,20)13-14-7-6-10-17-16(14)11-12-19(17)15-8-4-3-5-9-15/h6-7,10,15,20H,3-5,8-9,11-13H2,1-2H3. The highest BCUT2D eigenvalue weighted by atomic mass is 16.3. The van der Waals surface area contributed by atoms with Crippen LogP contribution in [0.25, 0.3) is 0 Å². The number of hydrogen-bond acceptors (Lipinski definition) is 2. The summed E-state index contributed by atoms with van der Waals surface area (Å²) in [7, 11) is 0. The lowest BCUT2D eigenvalue weighted by Crippen LogP contribution is -2.35. The molecule has 0 spiro atoms. The Kier molecular flexibility index (Phi) is 3.76. The van der Waals surface area contributed by atoms with E-state index in [2.05, 4.69) is 23.1 Å². The van der Waals surface area contributed by atoms with Crippen molar-refractivity contribution in [2.75, 3.05) is 11.4 Å². The van der Waals surface area contributed by atoms with Gasteiger partial charge in [0.2, 0.25) is 0 Å². The first kappa shape index (κ1) is 13.9. The third kappa shape index (κ3) is 2.85. The van der Waals surface area contributed by atoms with Crippen molar-refractivity contribution >= 4 is 5.69 Å². The van der Waals surface area contributed by atoms with Crippen molar-refractivity contribution < 1.29 is 5.11 Å². The zero-order valence-corrected chi connectivity index (χ0v) is 12.9. The average molecular weight is 273 g/mol. The quantitative estimate of drug-likeness (QED) is 0.908. The van der Waals surface area contributed by atoms with Crippen molar-refractivity contribution in [3.05, 3.63) is 29.3 Å². The largest absolute Gasteiger partial charge is 0.390 e. The van der Waals surface area contributed by atoms with Gasteiger partial charge >= 0.3 is 0 Å². The highest BCUT2D eigenvalue weighted by molar-refractivity contribution is 5.61. The summed E-state index contributed by atoms with van der Waals surface area (Å²) in [4.78, 5) is 2.64. The Labute approximate surface area is 122 Å². The molecule has 1 saturated carbocycles. The van der Waals surface area contributed by atoms with E-state index in [1.807, 2.05) is 13.8 Å². The SMILES string of the molecule is CC(C)(O)Cc1cccc2c1CCN2C1CCCCC1. The molecular weight excluding hydrogens is 246 g/mol. The maximum absolute atomic E-state index is 10.1. The molecule has 2 heteroatoms. The number of aliphatic hydroxyl groups is 1. The molecule has 0 saturated heterocycles. The summed E-state index contributed by atoms with van der Waals surface area (Å²) in [6.07, 6.45) is 8.81. The maximum Gasteiger partial charge on any atom is 0.0632 e. The van der Waals surface area contributed by atoms with Crippen LogP contribution in [0.4, 0.5) is 5.69 Å². The van der Waals surface area contributed by atoms with Crippen LogP contribution in [-0.2, 0) is 12.8 Å². The van der Waals surface area contributed by atoms with Crippen molar-refractivity contribution in [3.63, 3.8) is 0 Å². The lowest BCUT2D eigenvalue weighted by atomic mass is 9.92. The number of benzene rings is 1. The summed E-state index contributed by atoms with van der Waals surface area (Å²) in [6.45, 7) is 4.98. The second-order valence-electron chi connectivity index (χ2n) is 7.14. The van der Waals surface area contributed by atoms with Crippen molar-refractivity contribution in [2.45, 2.75) is 70.4 Å². The van der Waals surface area contributed by atoms with Gasteiger partial charge in [-0.25, -0.2) is 0 Å². The predicted octanol–water partition coefficient (Wildman–Crippen LogP) is 3.70. The molecule has 20 heavy (non-hydrogen) atoms. The van der Waals surface area contributed by atoms with Crippen LogP contribution in [-0.4, -0.2) is 23.3 Å². The molecule has 1 N–H and O–H groups in total. The highest BCUT2D eigenvalue weighted by Crippen LogP contribution is 2.36. The molecular formula is C18H27NO. The van der Waals surface area contributed by atoms with Gasteiger partial charge in [0, 0.05) is 24.7 Å². The molecule has 2 aliphatic rings. The van der Waals surface area contributed by atoms with Gasteiger partial charge in [-0.15, -0.1) is 0 Å². The van der Waals surface area contributed by atoms with Crippen molar-refractivity contribution in [1.29, 1.82) is 0 Å². The van der Waals surface area contributed by atoms with Gasteiger partial charge in [0.1, 0.15) is 0 Å². The summed E-state index contributed by atoms with van der Waals surface area (Å²) in [5.41, 5.74) is 3.65. The lowest BCUT2D eigenvalue weighted by Gasteiger charge is -2.33. The number of hydrogen-bond donors (Lipinski definition) is 1. The van der Waals surface area contributed by atoms with Gasteiger partial charge < -0.3 is 10.0 Å². The molecule has 1 aromatic carbocycles. The Hall–Kier alpha value is -1.02. The molecule has 1 aliphatic carbocycles. The van der Waals surface area contributed by atoms with E-state index >= 15 is 0 Å². The Bertz CT molecular complexity index is 469. The lowest BCUT2D eigenvalue weighted by molar-refractivity contribution is 0.0808. The smallest absolute Gasteiger partial charge is 0.0632 e. The molecule has 1 heterocycles. The van der Waals surface area contributed by atoms with E-state index in [-0.39, 0.29) is 0 Å². The summed E-state index contributed by atoms with van der Waals surface area (Å²) < 4.78 is 0. The van der Waals surface area contributed by atoms with Gasteiger partial charge in [-0.2, -0.15) is 0 Å². The second kappa shape index (κ2) is 5.40. The van der Waals surface area contributed by atoms with Crippen LogP contribution in [0.1, 0.15) is 57.1 Å². The molecule has 3 rings (SSSR count). The van der Waals surface area contributed by atoms with Crippen LogP contribution in [0.15, 0.2) is 18.2 Å². The molecule has 1 fully saturated rings. The van der Waals surface area contributed by atoms with Crippen LogP contribution in [0.5, 0.6) is 0 Å². The van der Waals surface area contributed by atoms with E-state index in [0.29, 0.717) is 0 Å². The first-order valence-electron chi connectivity index (χ1n) is 8.14. The van der Waals surface area contributed by atoms with Gasteiger partial charge in [0.15, 0.2) is 0 Å². The fourth-order valence-electron chi connectivity index (χ4n) is 3.94. The third-order valence-corrected chi connectivity index (χ3v) is 4.80. The molecule has 110 valence electrons. The second-order valence-corrected chi connectivity index (χ2v) is 7.14. The fraction of sp³-hybridized carbons (Fsp3) is 0.667. The Morgan fingerprint density at radius 1 is 1.20 bits per heavy atom. The Balaban J connectivity index is 1.84. The van der Waals surface area contributed by atoms with Crippen molar-refractivity contribution in [3.8, 4) is 0 Å². The van der Waals surface area contributed by atoms with E-state index in [9.17, 15) is 5.11 Å². The molecule has 0 radical (unpaired) electrons. The van der Waals surface area contributed by atoms with Crippen LogP contribution >= 0.6 is 0 Å². The summed E-state index contributed by atoms with van der Waals surface area (Å²) in [6, 6.07) is 7.40. The molecule has 1 aromatic rings. The molecule has 0 unspecified atom stereocenters. The summed E-state index contributed by atoms with van der Waals surface area (Å²) in [5.74, 6) is 0. The third-order valence-electron chi connectivity index (χ3n) is 4.80. The van der Waals surface area contributed by atoms with Crippen LogP contribution in [0.3, 0.4) is 0 Å². The van der Waals surface area contributed by atoms with Crippen LogP contribution in [0, 0.1) is 0 Å². The maximum atomic E-state index is 10.1. The van der Waals surface area contributed by atoms with Crippen molar-refractivity contribution in [2.24, 2.45) is 0 Å². The molecule has 2 nitrogen and oxygen atoms in total. The Morgan fingerprint density at radius 3 is 2.65 bits per heavy atom. The molecule has 0 amide bonds. The molecule has 0 bridgehead atoms. The van der Waals surface area contributed by atoms with Crippen LogP contribution in [0.2, 0.25) is 0 Å². The number of rotatable bonds is 3. The van der Waals surface area contributed by atoms with Gasteiger partial charge in [-0.3, -0.25) is 0 Å². The van der Waals surface area contributed by atoms with Gasteiger partial charge in [-0.05, 0) is 50.3 Å². The van der Waals surface area contributed by atoms with Gasteiger partial charge in [0.05, 0.1) is 5.60 Å². The monoisotopic (exact) mass is 273 g/mol. The van der Waals surface area contributed by atoms with E-state index in [4.69, 9.17) is 0 Å². The average Bonchev–Trinajstić information content (AvgIpc) is 2.83. The van der Waals surface area contributed by atoms with Crippen LogP contribution < -0.4 is 4.90 Å². The molecule has 1 aliphatic heterocycles. The zero-order valence-electron chi connectivity index (χ0n) is 12.9. The number of nitrogens with zero attached hydrogens (tertiary/aromatic N) is 1. The topological polar surface area (TPSA) is 23.5 Å². The van der Waals surface area contributed by atoms with E-state index in [1.165, 1.54) is 55.5 Å². The number of anilines is 1. The number of fused-ring (bicyclic) bond motifs is 1. The van der Waals surface area contributed by atoms with E-state index in [0.717, 1.165) is 18.9 Å². The predicted molar refractivity (Wildman–Crippen MR) is 84.4 cm³/mol. The van der Waals surface area contributed by atoms with Gasteiger partial charge in [-0.1, -0.05) is 31.4 Å². The minimum absolute atomic E-state index is 0.618. The highest BCUT2D eigenvalue weighted by Gasteiger charge is 2.29. The first-order valence-corrected chi connectivity index (χ1v) is 8.14. The summed E-state index contributed by atoms with van der Waals surface area (Å²) in [5, 5.41) is 10.1. The Morgan fingerprint density at radius 2 is 1.95 bits per heavy atom. The van der Waals surface area contributed by atoms with Gasteiger partial charge in [0.25, 0.3) is 0 Å². The fourth-order valence-corrected chi connectivity index (χ4v) is 3.94. The van der Waals surface area contributed by atoms with Crippen molar-refractivity contribution in [1.82, 2.24) is 0 Å². The van der Waals surface area contributed by atoms with E-state index < -0.39 is 5.60 Å². The molecule has 0 aromatic heterocycles. The molecule has 0 atom stereocenters.